The fourth-order valence-corrected chi connectivity index (χ4v) is 2.04. The first-order valence-corrected chi connectivity index (χ1v) is 4.96. The molecular formula is C12H9S. The molecular weight excluding hydrogens is 176 g/mol. The van der Waals surface area contributed by atoms with Gasteiger partial charge in [-0.3, -0.25) is 0 Å². The first kappa shape index (κ1) is 8.27. The minimum Gasteiger partial charge on any atom is -0.144 e. The molecule has 0 aliphatic heterocycles. The molecule has 1 aromatic heterocycles. The van der Waals surface area contributed by atoms with Crippen molar-refractivity contribution in [2.75, 3.05) is 0 Å². The van der Waals surface area contributed by atoms with Crippen LogP contribution in [0.1, 0.15) is 5.56 Å². The lowest BCUT2D eigenvalue weighted by Gasteiger charge is -2.01. The van der Waals surface area contributed by atoms with Crippen molar-refractivity contribution in [1.29, 1.82) is 0 Å². The molecule has 2 rings (SSSR count). The average molecular weight is 185 g/mol. The second-order valence-electron chi connectivity index (χ2n) is 2.69. The Morgan fingerprint density at radius 3 is 3.00 bits per heavy atom. The molecule has 0 amide bonds. The van der Waals surface area contributed by atoms with E-state index in [0.717, 1.165) is 5.56 Å². The van der Waals surface area contributed by atoms with E-state index in [1.807, 2.05) is 18.2 Å². The zero-order valence-electron chi connectivity index (χ0n) is 7.16. The summed E-state index contributed by atoms with van der Waals surface area (Å²) in [5, 5.41) is 2.08. The summed E-state index contributed by atoms with van der Waals surface area (Å²) in [6, 6.07) is 13.2. The Morgan fingerprint density at radius 2 is 2.31 bits per heavy atom. The van der Waals surface area contributed by atoms with Crippen LogP contribution in [0.2, 0.25) is 0 Å². The first-order valence-electron chi connectivity index (χ1n) is 4.08. The highest BCUT2D eigenvalue weighted by molar-refractivity contribution is 7.13. The Hall–Kier alpha value is -1.34. The molecule has 63 valence electrons. The van der Waals surface area contributed by atoms with Crippen LogP contribution in [0.4, 0.5) is 0 Å². The lowest BCUT2D eigenvalue weighted by Crippen LogP contribution is -1.77. The zero-order chi connectivity index (χ0) is 9.10. The van der Waals surface area contributed by atoms with E-state index in [2.05, 4.69) is 36.2 Å². The van der Waals surface area contributed by atoms with Gasteiger partial charge in [-0.25, -0.2) is 0 Å². The summed E-state index contributed by atoms with van der Waals surface area (Å²) >= 11 is 1.74. The van der Waals surface area contributed by atoms with E-state index in [1.165, 1.54) is 10.4 Å². The van der Waals surface area contributed by atoms with Crippen molar-refractivity contribution in [3.8, 4) is 10.4 Å². The van der Waals surface area contributed by atoms with Crippen molar-refractivity contribution in [2.24, 2.45) is 0 Å². The van der Waals surface area contributed by atoms with E-state index >= 15 is 0 Å². The van der Waals surface area contributed by atoms with E-state index in [0.29, 0.717) is 0 Å². The lowest BCUT2D eigenvalue weighted by molar-refractivity contribution is 1.64. The summed E-state index contributed by atoms with van der Waals surface area (Å²) in [6.45, 7) is 3.79. The number of thiophene rings is 1. The van der Waals surface area contributed by atoms with E-state index in [-0.39, 0.29) is 0 Å². The summed E-state index contributed by atoms with van der Waals surface area (Å²) in [5.74, 6) is 0. The molecule has 1 aromatic carbocycles. The first-order chi connectivity index (χ1) is 6.42. The van der Waals surface area contributed by atoms with Crippen molar-refractivity contribution in [3.05, 3.63) is 53.9 Å². The number of hydrogen-bond donors (Lipinski definition) is 0. The Bertz CT molecular complexity index is 399. The van der Waals surface area contributed by atoms with E-state index in [4.69, 9.17) is 0 Å². The second-order valence-corrected chi connectivity index (χ2v) is 3.64. The summed E-state index contributed by atoms with van der Waals surface area (Å²) in [4.78, 5) is 1.28. The van der Waals surface area contributed by atoms with Gasteiger partial charge in [0, 0.05) is 4.88 Å². The van der Waals surface area contributed by atoms with Crippen molar-refractivity contribution in [3.63, 3.8) is 0 Å². The van der Waals surface area contributed by atoms with Gasteiger partial charge in [-0.05, 0) is 34.7 Å². The number of hydrogen-bond acceptors (Lipinski definition) is 1. The third kappa shape index (κ3) is 1.56. The molecule has 0 unspecified atom stereocenters. The molecule has 0 nitrogen and oxygen atoms in total. The van der Waals surface area contributed by atoms with E-state index in [9.17, 15) is 0 Å². The Morgan fingerprint density at radius 1 is 1.38 bits per heavy atom. The van der Waals surface area contributed by atoms with Gasteiger partial charge in [0.1, 0.15) is 0 Å². The molecule has 2 aromatic rings. The highest BCUT2D eigenvalue weighted by Crippen LogP contribution is 2.28. The quantitative estimate of drug-likeness (QED) is 0.666. The van der Waals surface area contributed by atoms with Gasteiger partial charge in [0.15, 0.2) is 0 Å². The van der Waals surface area contributed by atoms with Crippen LogP contribution < -0.4 is 0 Å². The molecule has 0 aliphatic rings. The van der Waals surface area contributed by atoms with Crippen LogP contribution in [0.3, 0.4) is 0 Å². The summed E-state index contributed by atoms with van der Waals surface area (Å²) in [7, 11) is 0. The molecule has 1 heteroatoms. The maximum atomic E-state index is 3.79. The molecule has 0 aliphatic carbocycles. The number of rotatable bonds is 2. The minimum atomic E-state index is 1.14. The van der Waals surface area contributed by atoms with Crippen LogP contribution in [0.25, 0.3) is 16.5 Å². The summed E-state index contributed by atoms with van der Waals surface area (Å²) in [6.07, 6.45) is 1.87. The van der Waals surface area contributed by atoms with Gasteiger partial charge in [0.05, 0.1) is 0 Å². The fraction of sp³-hybridized carbons (Fsp3) is 0. The third-order valence-corrected chi connectivity index (χ3v) is 2.81. The van der Waals surface area contributed by atoms with Crippen LogP contribution in [-0.4, -0.2) is 0 Å². The highest BCUT2D eigenvalue weighted by Gasteiger charge is 2.01. The minimum absolute atomic E-state index is 1.14. The topological polar surface area (TPSA) is 0 Å². The van der Waals surface area contributed by atoms with Gasteiger partial charge < -0.3 is 0 Å². The summed E-state index contributed by atoms with van der Waals surface area (Å²) in [5.41, 5.74) is 2.38. The van der Waals surface area contributed by atoms with Gasteiger partial charge in [-0.15, -0.1) is 11.3 Å². The smallest absolute Gasteiger partial charge is 0.0348 e. The normalized spacial score (nSPS) is 9.85. The third-order valence-electron chi connectivity index (χ3n) is 1.90. The summed E-state index contributed by atoms with van der Waals surface area (Å²) < 4.78 is 0. The van der Waals surface area contributed by atoms with Crippen LogP contribution in [0, 0.1) is 6.07 Å². The maximum Gasteiger partial charge on any atom is 0.0348 e. The zero-order valence-corrected chi connectivity index (χ0v) is 7.97. The molecule has 0 fully saturated rings. The highest BCUT2D eigenvalue weighted by atomic mass is 32.1. The van der Waals surface area contributed by atoms with Crippen molar-refractivity contribution < 1.29 is 0 Å². The van der Waals surface area contributed by atoms with Gasteiger partial charge in [0.2, 0.25) is 0 Å². The largest absolute Gasteiger partial charge is 0.144 e. The Labute approximate surface area is 82.2 Å². The molecule has 0 N–H and O–H groups in total. The van der Waals surface area contributed by atoms with Crippen molar-refractivity contribution >= 4 is 17.4 Å². The molecule has 0 bridgehead atoms. The molecule has 0 atom stereocenters. The van der Waals surface area contributed by atoms with Crippen molar-refractivity contribution in [1.82, 2.24) is 0 Å². The molecule has 0 saturated heterocycles. The van der Waals surface area contributed by atoms with Crippen molar-refractivity contribution in [2.45, 2.75) is 0 Å². The van der Waals surface area contributed by atoms with Gasteiger partial charge in [-0.2, -0.15) is 0 Å². The van der Waals surface area contributed by atoms with Crippen LogP contribution in [0.5, 0.6) is 0 Å². The standard InChI is InChI=1S/C12H9S/c1-2-10-6-3-4-7-11(10)12-8-5-9-13-12/h2,4-9H,1H2. The Kier molecular flexibility index (Phi) is 2.28. The molecule has 1 heterocycles. The van der Waals surface area contributed by atoms with Gasteiger partial charge >= 0.3 is 0 Å². The molecule has 13 heavy (non-hydrogen) atoms. The predicted molar refractivity (Wildman–Crippen MR) is 58.7 cm³/mol. The Balaban J connectivity index is 2.57. The van der Waals surface area contributed by atoms with Crippen LogP contribution >= 0.6 is 11.3 Å². The maximum absolute atomic E-state index is 3.79. The molecule has 1 radical (unpaired) electrons. The SMILES string of the molecule is C=Cc1c[c]ccc1-c1cccs1. The molecule has 0 spiro atoms. The average Bonchev–Trinajstić information content (AvgIpc) is 2.70. The van der Waals surface area contributed by atoms with Crippen LogP contribution in [0.15, 0.2) is 42.3 Å². The fourth-order valence-electron chi connectivity index (χ4n) is 1.27. The van der Waals surface area contributed by atoms with E-state index < -0.39 is 0 Å². The lowest BCUT2D eigenvalue weighted by atomic mass is 10.1. The monoisotopic (exact) mass is 185 g/mol. The van der Waals surface area contributed by atoms with Gasteiger partial charge in [0.25, 0.3) is 0 Å². The predicted octanol–water partition coefficient (Wildman–Crippen LogP) is 3.86. The molecule has 0 saturated carbocycles. The van der Waals surface area contributed by atoms with Crippen LogP contribution in [-0.2, 0) is 0 Å². The van der Waals surface area contributed by atoms with E-state index in [1.54, 1.807) is 11.3 Å². The number of benzene rings is 1. The van der Waals surface area contributed by atoms with Gasteiger partial charge in [-0.1, -0.05) is 30.9 Å². The second kappa shape index (κ2) is 3.58.